The third-order valence-corrected chi connectivity index (χ3v) is 1.73. The van der Waals surface area contributed by atoms with Crippen LogP contribution in [0.4, 0.5) is 0 Å². The number of para-hydroxylation sites is 2. The second kappa shape index (κ2) is 3.47. The lowest BCUT2D eigenvalue weighted by molar-refractivity contribution is -0.182. The minimum Gasteiger partial charge on any atom is -0.316 e. The van der Waals surface area contributed by atoms with Crippen LogP contribution in [-0.4, -0.2) is 17.1 Å². The van der Waals surface area contributed by atoms with Crippen molar-refractivity contribution in [2.24, 2.45) is 0 Å². The van der Waals surface area contributed by atoms with E-state index in [1.165, 1.54) is 7.11 Å². The minimum atomic E-state index is -0.412. The van der Waals surface area contributed by atoms with Crippen molar-refractivity contribution in [2.75, 3.05) is 7.11 Å². The van der Waals surface area contributed by atoms with E-state index in [1.54, 1.807) is 12.1 Å². The zero-order chi connectivity index (χ0) is 9.97. The highest BCUT2D eigenvalue weighted by atomic mass is 17.2. The van der Waals surface area contributed by atoms with E-state index in [-0.39, 0.29) is 5.88 Å². The number of H-pyrrole nitrogens is 1. The molecule has 5 nitrogen and oxygen atoms in total. The third kappa shape index (κ3) is 1.45. The van der Waals surface area contributed by atoms with Crippen molar-refractivity contribution in [2.45, 2.75) is 0 Å². The number of aromatic nitrogens is 2. The maximum atomic E-state index is 11.3. The first-order chi connectivity index (χ1) is 6.81. The minimum absolute atomic E-state index is 0.0915. The van der Waals surface area contributed by atoms with E-state index >= 15 is 0 Å². The zero-order valence-corrected chi connectivity index (χ0v) is 7.48. The van der Waals surface area contributed by atoms with Gasteiger partial charge in [-0.05, 0) is 12.1 Å². The number of hydrogen-bond donors (Lipinski definition) is 1. The van der Waals surface area contributed by atoms with Crippen LogP contribution in [0.5, 0.6) is 5.88 Å². The lowest BCUT2D eigenvalue weighted by Gasteiger charge is -2.00. The quantitative estimate of drug-likeness (QED) is 0.566. The first-order valence-electron chi connectivity index (χ1n) is 4.01. The average Bonchev–Trinajstić information content (AvgIpc) is 2.19. The summed E-state index contributed by atoms with van der Waals surface area (Å²) in [4.78, 5) is 26.9. The Morgan fingerprint density at radius 1 is 1.36 bits per heavy atom. The summed E-state index contributed by atoms with van der Waals surface area (Å²) >= 11 is 0. The molecule has 0 spiro atoms. The van der Waals surface area contributed by atoms with Gasteiger partial charge >= 0.3 is 11.4 Å². The van der Waals surface area contributed by atoms with Gasteiger partial charge in [-0.25, -0.2) is 4.98 Å². The average molecular weight is 192 g/mol. The number of nitrogens with one attached hydrogen (secondary N) is 1. The highest BCUT2D eigenvalue weighted by Crippen LogP contribution is 2.08. The highest BCUT2D eigenvalue weighted by Gasteiger charge is 2.05. The Hall–Kier alpha value is -1.88. The van der Waals surface area contributed by atoms with Gasteiger partial charge in [-0.2, -0.15) is 4.89 Å². The number of nitrogens with zero attached hydrogens (tertiary/aromatic N) is 1. The lowest BCUT2D eigenvalue weighted by atomic mass is 10.3. The molecule has 0 aliphatic rings. The fourth-order valence-corrected chi connectivity index (χ4v) is 1.15. The van der Waals surface area contributed by atoms with Gasteiger partial charge in [0.05, 0.1) is 18.1 Å². The predicted molar refractivity (Wildman–Crippen MR) is 50.0 cm³/mol. The summed E-state index contributed by atoms with van der Waals surface area (Å²) in [5, 5.41) is 0. The lowest BCUT2D eigenvalue weighted by Crippen LogP contribution is -2.12. The van der Waals surface area contributed by atoms with E-state index in [0.29, 0.717) is 11.0 Å². The Labute approximate surface area is 79.2 Å². The third-order valence-electron chi connectivity index (χ3n) is 1.73. The molecule has 0 unspecified atom stereocenters. The number of benzene rings is 1. The maximum absolute atomic E-state index is 11.3. The standard InChI is InChI=1S/C9H8N2O3/c1-13-14-9-8(12)10-6-4-2-3-5-7(6)11-9/h2-5H,1H3,(H,10,12). The fraction of sp³-hybridized carbons (Fsp3) is 0.111. The molecule has 5 heteroatoms. The van der Waals surface area contributed by atoms with Crippen molar-refractivity contribution >= 4 is 11.0 Å². The van der Waals surface area contributed by atoms with Crippen LogP contribution in [0.3, 0.4) is 0 Å². The zero-order valence-electron chi connectivity index (χ0n) is 7.48. The largest absolute Gasteiger partial charge is 0.322 e. The van der Waals surface area contributed by atoms with Crippen LogP contribution in [0.15, 0.2) is 29.1 Å². The second-order valence-electron chi connectivity index (χ2n) is 2.64. The van der Waals surface area contributed by atoms with Gasteiger partial charge in [0.15, 0.2) is 0 Å². The van der Waals surface area contributed by atoms with Crippen LogP contribution in [0.2, 0.25) is 0 Å². The van der Waals surface area contributed by atoms with Crippen LogP contribution in [-0.2, 0) is 4.89 Å². The summed E-state index contributed by atoms with van der Waals surface area (Å²) in [5.74, 6) is -0.0915. The van der Waals surface area contributed by atoms with Crippen molar-refractivity contribution in [1.82, 2.24) is 9.97 Å². The molecule has 0 bridgehead atoms. The van der Waals surface area contributed by atoms with Crippen LogP contribution < -0.4 is 10.4 Å². The highest BCUT2D eigenvalue weighted by molar-refractivity contribution is 5.73. The molecule has 72 valence electrons. The van der Waals surface area contributed by atoms with Crippen molar-refractivity contribution in [3.05, 3.63) is 34.6 Å². The molecule has 1 N–H and O–H groups in total. The van der Waals surface area contributed by atoms with E-state index < -0.39 is 5.56 Å². The molecular weight excluding hydrogens is 184 g/mol. The Morgan fingerprint density at radius 3 is 2.93 bits per heavy atom. The van der Waals surface area contributed by atoms with E-state index in [9.17, 15) is 4.79 Å². The van der Waals surface area contributed by atoms with Gasteiger partial charge in [-0.15, -0.1) is 0 Å². The normalized spacial score (nSPS) is 10.4. The summed E-state index contributed by atoms with van der Waals surface area (Å²) in [5.41, 5.74) is 0.908. The van der Waals surface area contributed by atoms with Gasteiger partial charge < -0.3 is 9.87 Å². The molecule has 0 atom stereocenters. The van der Waals surface area contributed by atoms with E-state index in [4.69, 9.17) is 0 Å². The molecule has 0 amide bonds. The van der Waals surface area contributed by atoms with E-state index in [2.05, 4.69) is 19.7 Å². The molecule has 1 aromatic heterocycles. The molecular formula is C9H8N2O3. The molecule has 0 saturated carbocycles. The SMILES string of the molecule is COOc1nc2ccccc2[nH]c1=O. The first kappa shape index (κ1) is 8.71. The maximum Gasteiger partial charge on any atom is 0.322 e. The van der Waals surface area contributed by atoms with Gasteiger partial charge in [0.1, 0.15) is 0 Å². The number of fused-ring (bicyclic) bond motifs is 1. The Bertz CT molecular complexity index is 507. The molecule has 0 saturated heterocycles. The molecule has 0 radical (unpaired) electrons. The molecule has 0 aliphatic carbocycles. The predicted octanol–water partition coefficient (Wildman–Crippen LogP) is 0.863. The van der Waals surface area contributed by atoms with Crippen LogP contribution in [0.1, 0.15) is 0 Å². The van der Waals surface area contributed by atoms with Gasteiger partial charge in [-0.1, -0.05) is 12.1 Å². The molecule has 14 heavy (non-hydrogen) atoms. The monoisotopic (exact) mass is 192 g/mol. The smallest absolute Gasteiger partial charge is 0.316 e. The Balaban J connectivity index is 2.65. The van der Waals surface area contributed by atoms with Crippen molar-refractivity contribution in [1.29, 1.82) is 0 Å². The number of aromatic amines is 1. The van der Waals surface area contributed by atoms with Gasteiger partial charge in [0.25, 0.3) is 0 Å². The van der Waals surface area contributed by atoms with Crippen LogP contribution in [0.25, 0.3) is 11.0 Å². The van der Waals surface area contributed by atoms with Crippen molar-refractivity contribution in [3.8, 4) is 5.88 Å². The molecule has 2 rings (SSSR count). The first-order valence-corrected chi connectivity index (χ1v) is 4.01. The number of hydrogen-bond acceptors (Lipinski definition) is 4. The Kier molecular flexibility index (Phi) is 2.16. The summed E-state index contributed by atoms with van der Waals surface area (Å²) in [6.45, 7) is 0. The molecule has 1 aromatic carbocycles. The van der Waals surface area contributed by atoms with Gasteiger partial charge in [0, 0.05) is 0 Å². The second-order valence-corrected chi connectivity index (χ2v) is 2.64. The fourth-order valence-electron chi connectivity index (χ4n) is 1.15. The molecule has 2 aromatic rings. The van der Waals surface area contributed by atoms with Gasteiger partial charge in [-0.3, -0.25) is 4.79 Å². The van der Waals surface area contributed by atoms with Crippen LogP contribution in [0, 0.1) is 0 Å². The van der Waals surface area contributed by atoms with Crippen molar-refractivity contribution < 1.29 is 9.78 Å². The van der Waals surface area contributed by atoms with E-state index in [0.717, 1.165) is 0 Å². The summed E-state index contributed by atoms with van der Waals surface area (Å²) in [7, 11) is 1.32. The Morgan fingerprint density at radius 2 is 2.14 bits per heavy atom. The summed E-state index contributed by atoms with van der Waals surface area (Å²) in [6, 6.07) is 7.18. The van der Waals surface area contributed by atoms with E-state index in [1.807, 2.05) is 12.1 Å². The molecule has 0 aliphatic heterocycles. The van der Waals surface area contributed by atoms with Gasteiger partial charge in [0.2, 0.25) is 0 Å². The molecule has 0 fully saturated rings. The molecule has 1 heterocycles. The summed E-state index contributed by atoms with van der Waals surface area (Å²) < 4.78 is 0. The van der Waals surface area contributed by atoms with Crippen LogP contribution >= 0.6 is 0 Å². The van der Waals surface area contributed by atoms with Crippen molar-refractivity contribution in [3.63, 3.8) is 0 Å². The number of rotatable bonds is 2. The summed E-state index contributed by atoms with van der Waals surface area (Å²) in [6.07, 6.45) is 0. The topological polar surface area (TPSA) is 64.2 Å².